The molecule has 2 saturated heterocycles. The van der Waals surface area contributed by atoms with Gasteiger partial charge in [0.15, 0.2) is 0 Å². The molecule has 1 aromatic carbocycles. The highest BCUT2D eigenvalue weighted by molar-refractivity contribution is 5.25. The van der Waals surface area contributed by atoms with Crippen molar-refractivity contribution in [3.63, 3.8) is 0 Å². The van der Waals surface area contributed by atoms with Crippen LogP contribution in [0.25, 0.3) is 0 Å². The monoisotopic (exact) mass is 340 g/mol. The average molecular weight is 341 g/mol. The Kier molecular flexibility index (Phi) is 5.47. The van der Waals surface area contributed by atoms with Gasteiger partial charge in [0.2, 0.25) is 0 Å². The van der Waals surface area contributed by atoms with E-state index in [9.17, 15) is 0 Å². The topological polar surface area (TPSA) is 6.48 Å². The Bertz CT molecular complexity index is 544. The lowest BCUT2D eigenvalue weighted by atomic mass is 9.78. The first-order chi connectivity index (χ1) is 12.2. The van der Waals surface area contributed by atoms with Crippen molar-refractivity contribution in [1.29, 1.82) is 0 Å². The van der Waals surface area contributed by atoms with Crippen molar-refractivity contribution in [1.82, 2.24) is 9.80 Å². The van der Waals surface area contributed by atoms with Gasteiger partial charge >= 0.3 is 0 Å². The molecule has 25 heavy (non-hydrogen) atoms. The van der Waals surface area contributed by atoms with Gasteiger partial charge in [-0.3, -0.25) is 9.80 Å². The van der Waals surface area contributed by atoms with Crippen LogP contribution in [0.5, 0.6) is 0 Å². The number of hydrogen-bond acceptors (Lipinski definition) is 2. The van der Waals surface area contributed by atoms with Gasteiger partial charge in [0, 0.05) is 31.7 Å². The second-order valence-corrected chi connectivity index (χ2v) is 9.00. The largest absolute Gasteiger partial charge is 0.298 e. The van der Waals surface area contributed by atoms with Crippen molar-refractivity contribution in [2.45, 2.75) is 83.3 Å². The lowest BCUT2D eigenvalue weighted by Crippen LogP contribution is -2.59. The standard InChI is InChI=1S/C23H36N2/c1-18(2)20-12-10-19(11-13-20)17-25-16-15-24-14-6-9-22(24)23(25)21-7-4-3-5-8-21/h10-13,18,21-23H,3-9,14-17H2,1-2H3/t22-,23+/m0/s1. The number of nitrogens with zero attached hydrogens (tertiary/aromatic N) is 2. The van der Waals surface area contributed by atoms with Crippen LogP contribution < -0.4 is 0 Å². The van der Waals surface area contributed by atoms with Crippen molar-refractivity contribution in [3.05, 3.63) is 35.4 Å². The SMILES string of the molecule is CC(C)c1ccc(CN2CCN3CCC[C@H]3[C@H]2C2CCCCC2)cc1. The summed E-state index contributed by atoms with van der Waals surface area (Å²) in [6, 6.07) is 11.1. The van der Waals surface area contributed by atoms with Gasteiger partial charge in [-0.25, -0.2) is 0 Å². The maximum absolute atomic E-state index is 2.87. The third-order valence-corrected chi connectivity index (χ3v) is 7.07. The zero-order valence-electron chi connectivity index (χ0n) is 16.3. The van der Waals surface area contributed by atoms with Crippen LogP contribution in [0.4, 0.5) is 0 Å². The van der Waals surface area contributed by atoms with Crippen LogP contribution in [-0.4, -0.2) is 41.5 Å². The number of hydrogen-bond donors (Lipinski definition) is 0. The molecule has 0 aromatic heterocycles. The van der Waals surface area contributed by atoms with Crippen molar-refractivity contribution in [2.75, 3.05) is 19.6 Å². The summed E-state index contributed by atoms with van der Waals surface area (Å²) in [5.74, 6) is 1.57. The van der Waals surface area contributed by atoms with E-state index < -0.39 is 0 Å². The van der Waals surface area contributed by atoms with Crippen molar-refractivity contribution < 1.29 is 0 Å². The molecule has 0 amide bonds. The summed E-state index contributed by atoms with van der Waals surface area (Å²) >= 11 is 0. The van der Waals surface area contributed by atoms with Crippen LogP contribution in [0, 0.1) is 5.92 Å². The second-order valence-electron chi connectivity index (χ2n) is 9.00. The molecule has 3 aliphatic rings. The lowest BCUT2D eigenvalue weighted by molar-refractivity contribution is -0.00380. The van der Waals surface area contributed by atoms with Gasteiger partial charge in [-0.15, -0.1) is 0 Å². The Hall–Kier alpha value is -0.860. The molecule has 3 fully saturated rings. The van der Waals surface area contributed by atoms with Crippen molar-refractivity contribution >= 4 is 0 Å². The predicted octanol–water partition coefficient (Wildman–Crippen LogP) is 5.04. The molecule has 1 aliphatic carbocycles. The third kappa shape index (κ3) is 3.80. The van der Waals surface area contributed by atoms with Crippen LogP contribution >= 0.6 is 0 Å². The first-order valence-corrected chi connectivity index (χ1v) is 10.8. The molecule has 0 spiro atoms. The number of benzene rings is 1. The highest BCUT2D eigenvalue weighted by atomic mass is 15.3. The molecule has 4 rings (SSSR count). The summed E-state index contributed by atoms with van der Waals surface area (Å²) < 4.78 is 0. The summed E-state index contributed by atoms with van der Waals surface area (Å²) in [6.07, 6.45) is 10.2. The van der Waals surface area contributed by atoms with E-state index in [0.717, 1.165) is 24.5 Å². The Labute approximate surface area is 154 Å². The Balaban J connectivity index is 1.51. The molecule has 2 aliphatic heterocycles. The molecule has 0 bridgehead atoms. The molecular weight excluding hydrogens is 304 g/mol. The summed E-state index contributed by atoms with van der Waals surface area (Å²) in [7, 11) is 0. The maximum atomic E-state index is 2.87. The Morgan fingerprint density at radius 1 is 0.880 bits per heavy atom. The predicted molar refractivity (Wildman–Crippen MR) is 106 cm³/mol. The summed E-state index contributed by atoms with van der Waals surface area (Å²) in [6.45, 7) is 9.64. The van der Waals surface area contributed by atoms with Crippen LogP contribution in [0.1, 0.15) is 75.8 Å². The smallest absolute Gasteiger partial charge is 0.0283 e. The normalized spacial score (nSPS) is 29.2. The van der Waals surface area contributed by atoms with Crippen molar-refractivity contribution in [3.8, 4) is 0 Å². The molecule has 1 aromatic rings. The molecule has 0 unspecified atom stereocenters. The molecule has 2 nitrogen and oxygen atoms in total. The molecular formula is C23H36N2. The Morgan fingerprint density at radius 3 is 2.36 bits per heavy atom. The van der Waals surface area contributed by atoms with E-state index in [-0.39, 0.29) is 0 Å². The fourth-order valence-electron chi connectivity index (χ4n) is 5.68. The van der Waals surface area contributed by atoms with E-state index in [4.69, 9.17) is 0 Å². The highest BCUT2D eigenvalue weighted by Crippen LogP contribution is 2.38. The number of piperazine rings is 1. The molecule has 2 heteroatoms. The second kappa shape index (κ2) is 7.80. The van der Waals surface area contributed by atoms with Gasteiger partial charge in [-0.05, 0) is 55.2 Å². The molecule has 2 heterocycles. The summed E-state index contributed by atoms with van der Waals surface area (Å²) in [5, 5.41) is 0. The maximum Gasteiger partial charge on any atom is 0.0283 e. The van der Waals surface area contributed by atoms with Gasteiger partial charge in [0.05, 0.1) is 0 Å². The fraction of sp³-hybridized carbons (Fsp3) is 0.739. The molecule has 2 atom stereocenters. The minimum atomic E-state index is 0.631. The molecule has 138 valence electrons. The molecule has 1 saturated carbocycles. The average Bonchev–Trinajstić information content (AvgIpc) is 3.11. The van der Waals surface area contributed by atoms with Gasteiger partial charge in [0.1, 0.15) is 0 Å². The number of rotatable bonds is 4. The minimum Gasteiger partial charge on any atom is -0.298 e. The quantitative estimate of drug-likeness (QED) is 0.758. The molecule has 0 radical (unpaired) electrons. The van der Waals surface area contributed by atoms with Gasteiger partial charge in [-0.2, -0.15) is 0 Å². The van der Waals surface area contributed by atoms with E-state index in [2.05, 4.69) is 47.9 Å². The van der Waals surface area contributed by atoms with Gasteiger partial charge < -0.3 is 0 Å². The zero-order valence-corrected chi connectivity index (χ0v) is 16.3. The lowest BCUT2D eigenvalue weighted by Gasteiger charge is -2.49. The van der Waals surface area contributed by atoms with E-state index in [1.54, 1.807) is 0 Å². The zero-order chi connectivity index (χ0) is 17.2. The summed E-state index contributed by atoms with van der Waals surface area (Å²) in [5.41, 5.74) is 2.98. The number of fused-ring (bicyclic) bond motifs is 1. The molecule has 0 N–H and O–H groups in total. The first kappa shape index (κ1) is 17.5. The third-order valence-electron chi connectivity index (χ3n) is 7.07. The van der Waals surface area contributed by atoms with E-state index in [1.165, 1.54) is 75.7 Å². The van der Waals surface area contributed by atoms with E-state index >= 15 is 0 Å². The van der Waals surface area contributed by atoms with Gasteiger partial charge in [-0.1, -0.05) is 57.4 Å². The summed E-state index contributed by atoms with van der Waals surface area (Å²) in [4.78, 5) is 5.69. The van der Waals surface area contributed by atoms with Crippen LogP contribution in [-0.2, 0) is 6.54 Å². The van der Waals surface area contributed by atoms with E-state index in [1.807, 2.05) is 0 Å². The van der Waals surface area contributed by atoms with Crippen LogP contribution in [0.3, 0.4) is 0 Å². The van der Waals surface area contributed by atoms with Crippen LogP contribution in [0.15, 0.2) is 24.3 Å². The van der Waals surface area contributed by atoms with Crippen LogP contribution in [0.2, 0.25) is 0 Å². The fourth-order valence-corrected chi connectivity index (χ4v) is 5.68. The Morgan fingerprint density at radius 2 is 1.64 bits per heavy atom. The van der Waals surface area contributed by atoms with Gasteiger partial charge in [0.25, 0.3) is 0 Å². The van der Waals surface area contributed by atoms with Crippen molar-refractivity contribution in [2.24, 2.45) is 5.92 Å². The highest BCUT2D eigenvalue weighted by Gasteiger charge is 2.42. The first-order valence-electron chi connectivity index (χ1n) is 10.8. The minimum absolute atomic E-state index is 0.631. The van der Waals surface area contributed by atoms with E-state index in [0.29, 0.717) is 5.92 Å².